The molecule has 1 N–H and O–H groups in total. The van der Waals surface area contributed by atoms with Crippen LogP contribution >= 0.6 is 0 Å². The second-order valence-corrected chi connectivity index (χ2v) is 6.82. The Labute approximate surface area is 157 Å². The maximum atomic E-state index is 13.2. The minimum Gasteiger partial charge on any atom is -0.459 e. The van der Waals surface area contributed by atoms with E-state index in [9.17, 15) is 18.7 Å². The number of anilines is 1. The predicted molar refractivity (Wildman–Crippen MR) is 98.8 cm³/mol. The summed E-state index contributed by atoms with van der Waals surface area (Å²) < 4.78 is 31.6. The SMILES string of the molecule is O=C(OCc1ccccc1)[C@H](O)Cc1ccc(N2CCC(F)(F)CC2)cc1. The van der Waals surface area contributed by atoms with E-state index in [-0.39, 0.29) is 25.9 Å². The Bertz CT molecular complexity index is 740. The van der Waals surface area contributed by atoms with Crippen molar-refractivity contribution in [3.8, 4) is 0 Å². The molecule has 1 atom stereocenters. The van der Waals surface area contributed by atoms with Gasteiger partial charge >= 0.3 is 5.97 Å². The van der Waals surface area contributed by atoms with Gasteiger partial charge in [-0.25, -0.2) is 13.6 Å². The second-order valence-electron chi connectivity index (χ2n) is 6.82. The topological polar surface area (TPSA) is 49.8 Å². The molecule has 1 heterocycles. The standard InChI is InChI=1S/C21H23F2NO3/c22-21(23)10-12-24(13-11-21)18-8-6-16(7-9-18)14-19(25)20(26)27-15-17-4-2-1-3-5-17/h1-9,19,25H,10-15H2/t19-/m1/s1. The van der Waals surface area contributed by atoms with Gasteiger partial charge in [0.1, 0.15) is 6.61 Å². The van der Waals surface area contributed by atoms with E-state index in [0.29, 0.717) is 13.1 Å². The highest BCUT2D eigenvalue weighted by atomic mass is 19.3. The van der Waals surface area contributed by atoms with E-state index in [0.717, 1.165) is 16.8 Å². The molecule has 1 aliphatic rings. The summed E-state index contributed by atoms with van der Waals surface area (Å²) in [5.74, 6) is -3.23. The lowest BCUT2D eigenvalue weighted by atomic mass is 10.0. The average Bonchev–Trinajstić information content (AvgIpc) is 2.67. The first-order valence-electron chi connectivity index (χ1n) is 9.03. The Balaban J connectivity index is 1.49. The number of aliphatic hydroxyl groups excluding tert-OH is 1. The fraction of sp³-hybridized carbons (Fsp3) is 0.381. The van der Waals surface area contributed by atoms with Crippen LogP contribution in [0.3, 0.4) is 0 Å². The van der Waals surface area contributed by atoms with Crippen LogP contribution in [0.25, 0.3) is 0 Å². The number of piperidine rings is 1. The van der Waals surface area contributed by atoms with Crippen LogP contribution in [0.1, 0.15) is 24.0 Å². The number of carbonyl (C=O) groups is 1. The molecule has 1 fully saturated rings. The largest absolute Gasteiger partial charge is 0.459 e. The molecule has 6 heteroatoms. The molecule has 4 nitrogen and oxygen atoms in total. The summed E-state index contributed by atoms with van der Waals surface area (Å²) in [7, 11) is 0. The van der Waals surface area contributed by atoms with Crippen molar-refractivity contribution in [3.63, 3.8) is 0 Å². The first-order chi connectivity index (χ1) is 12.9. The van der Waals surface area contributed by atoms with Gasteiger partial charge in [-0.1, -0.05) is 42.5 Å². The van der Waals surface area contributed by atoms with Crippen LogP contribution in [-0.4, -0.2) is 36.2 Å². The Morgan fingerprint density at radius 2 is 1.67 bits per heavy atom. The van der Waals surface area contributed by atoms with Gasteiger partial charge in [0.05, 0.1) is 0 Å². The molecule has 1 aliphatic heterocycles. The van der Waals surface area contributed by atoms with Gasteiger partial charge in [-0.3, -0.25) is 0 Å². The third-order valence-corrected chi connectivity index (χ3v) is 4.72. The van der Waals surface area contributed by atoms with Gasteiger partial charge in [0.15, 0.2) is 6.10 Å². The maximum absolute atomic E-state index is 13.2. The van der Waals surface area contributed by atoms with Crippen LogP contribution in [-0.2, 0) is 22.6 Å². The van der Waals surface area contributed by atoms with Crippen molar-refractivity contribution in [1.29, 1.82) is 0 Å². The summed E-state index contributed by atoms with van der Waals surface area (Å²) in [6, 6.07) is 16.5. The third-order valence-electron chi connectivity index (χ3n) is 4.72. The second kappa shape index (κ2) is 8.48. The number of benzene rings is 2. The Kier molecular flexibility index (Phi) is 6.06. The summed E-state index contributed by atoms with van der Waals surface area (Å²) in [5.41, 5.74) is 2.51. The molecule has 0 spiro atoms. The minimum atomic E-state index is -2.57. The first kappa shape index (κ1) is 19.3. The average molecular weight is 375 g/mol. The van der Waals surface area contributed by atoms with E-state index in [1.165, 1.54) is 0 Å². The normalized spacial score (nSPS) is 17.4. The zero-order valence-electron chi connectivity index (χ0n) is 15.0. The van der Waals surface area contributed by atoms with Crippen LogP contribution in [0.15, 0.2) is 54.6 Å². The molecule has 0 aromatic heterocycles. The van der Waals surface area contributed by atoms with Crippen LogP contribution < -0.4 is 4.90 Å². The highest BCUT2D eigenvalue weighted by Crippen LogP contribution is 2.30. The molecular weight excluding hydrogens is 352 g/mol. The molecular formula is C21H23F2NO3. The number of carbonyl (C=O) groups excluding carboxylic acids is 1. The van der Waals surface area contributed by atoms with Gasteiger partial charge in [0.2, 0.25) is 0 Å². The number of aliphatic hydroxyl groups is 1. The summed E-state index contributed by atoms with van der Waals surface area (Å²) in [4.78, 5) is 13.9. The number of esters is 1. The lowest BCUT2D eigenvalue weighted by molar-refractivity contribution is -0.154. The van der Waals surface area contributed by atoms with Crippen molar-refractivity contribution in [2.45, 2.75) is 37.9 Å². The maximum Gasteiger partial charge on any atom is 0.335 e. The van der Waals surface area contributed by atoms with Gasteiger partial charge < -0.3 is 14.7 Å². The number of hydrogen-bond acceptors (Lipinski definition) is 4. The summed E-state index contributed by atoms with van der Waals surface area (Å²) in [6.45, 7) is 0.761. The molecule has 1 saturated heterocycles. The molecule has 2 aromatic rings. The molecule has 0 bridgehead atoms. The number of ether oxygens (including phenoxy) is 1. The van der Waals surface area contributed by atoms with Crippen LogP contribution in [0, 0.1) is 0 Å². The first-order valence-corrected chi connectivity index (χ1v) is 9.03. The minimum absolute atomic E-state index is 0.120. The molecule has 0 radical (unpaired) electrons. The molecule has 2 aromatic carbocycles. The Morgan fingerprint density at radius 3 is 2.30 bits per heavy atom. The number of alkyl halides is 2. The fourth-order valence-corrected chi connectivity index (χ4v) is 3.07. The van der Waals surface area contributed by atoms with Crippen LogP contribution in [0.5, 0.6) is 0 Å². The molecule has 0 unspecified atom stereocenters. The molecule has 27 heavy (non-hydrogen) atoms. The number of nitrogens with zero attached hydrogens (tertiary/aromatic N) is 1. The summed E-state index contributed by atoms with van der Waals surface area (Å²) >= 11 is 0. The van der Waals surface area contributed by atoms with Gasteiger partial charge in [-0.05, 0) is 23.3 Å². The van der Waals surface area contributed by atoms with E-state index in [4.69, 9.17) is 4.74 Å². The Morgan fingerprint density at radius 1 is 1.04 bits per heavy atom. The van der Waals surface area contributed by atoms with Gasteiger partial charge in [-0.15, -0.1) is 0 Å². The molecule has 0 amide bonds. The molecule has 144 valence electrons. The van der Waals surface area contributed by atoms with Gasteiger partial charge in [-0.2, -0.15) is 0 Å². The molecule has 0 saturated carbocycles. The van der Waals surface area contributed by atoms with Crippen molar-refractivity contribution >= 4 is 11.7 Å². The van der Waals surface area contributed by atoms with Crippen LogP contribution in [0.4, 0.5) is 14.5 Å². The third kappa shape index (κ3) is 5.50. The fourth-order valence-electron chi connectivity index (χ4n) is 3.07. The highest BCUT2D eigenvalue weighted by Gasteiger charge is 2.34. The smallest absolute Gasteiger partial charge is 0.335 e. The molecule has 3 rings (SSSR count). The van der Waals surface area contributed by atoms with E-state index in [1.54, 1.807) is 12.1 Å². The van der Waals surface area contributed by atoms with Crippen LogP contribution in [0.2, 0.25) is 0 Å². The number of hydrogen-bond donors (Lipinski definition) is 1. The lowest BCUT2D eigenvalue weighted by Gasteiger charge is -2.33. The molecule has 0 aliphatic carbocycles. The zero-order chi connectivity index (χ0) is 19.3. The summed E-state index contributed by atoms with van der Waals surface area (Å²) in [5, 5.41) is 10.1. The predicted octanol–water partition coefficient (Wildman–Crippen LogP) is 3.57. The monoisotopic (exact) mass is 375 g/mol. The van der Waals surface area contributed by atoms with Crippen molar-refractivity contribution in [2.24, 2.45) is 0 Å². The van der Waals surface area contributed by atoms with E-state index < -0.39 is 18.0 Å². The van der Waals surface area contributed by atoms with Crippen molar-refractivity contribution in [1.82, 2.24) is 0 Å². The van der Waals surface area contributed by atoms with Gasteiger partial charge in [0, 0.05) is 38.0 Å². The van der Waals surface area contributed by atoms with E-state index in [1.807, 2.05) is 47.4 Å². The van der Waals surface area contributed by atoms with E-state index >= 15 is 0 Å². The lowest BCUT2D eigenvalue weighted by Crippen LogP contribution is -2.39. The number of rotatable bonds is 6. The number of halogens is 2. The van der Waals surface area contributed by atoms with E-state index in [2.05, 4.69) is 0 Å². The zero-order valence-corrected chi connectivity index (χ0v) is 15.0. The highest BCUT2D eigenvalue weighted by molar-refractivity contribution is 5.74. The summed E-state index contributed by atoms with van der Waals surface area (Å²) in [6.07, 6.45) is -1.37. The quantitative estimate of drug-likeness (QED) is 0.785. The van der Waals surface area contributed by atoms with Crippen molar-refractivity contribution < 1.29 is 23.4 Å². The Hall–Kier alpha value is -2.47. The van der Waals surface area contributed by atoms with Crippen molar-refractivity contribution in [2.75, 3.05) is 18.0 Å². The van der Waals surface area contributed by atoms with Gasteiger partial charge in [0.25, 0.3) is 5.92 Å². The van der Waals surface area contributed by atoms with Crippen molar-refractivity contribution in [3.05, 3.63) is 65.7 Å².